The van der Waals surface area contributed by atoms with Crippen molar-refractivity contribution in [2.75, 3.05) is 11.1 Å². The number of thioether (sulfide) groups is 1. The molecule has 3 nitrogen and oxygen atoms in total. The quantitative estimate of drug-likeness (QED) is 0.883. The number of amides is 1. The molecular weight excluding hydrogens is 325 g/mol. The first kappa shape index (κ1) is 17.3. The molecule has 0 radical (unpaired) electrons. The van der Waals surface area contributed by atoms with Gasteiger partial charge in [-0.15, -0.1) is 11.8 Å². The van der Waals surface area contributed by atoms with Gasteiger partial charge in [-0.1, -0.05) is 35.9 Å². The zero-order chi connectivity index (χ0) is 16.9. The van der Waals surface area contributed by atoms with E-state index < -0.39 is 11.9 Å². The van der Waals surface area contributed by atoms with Gasteiger partial charge in [-0.2, -0.15) is 13.2 Å². The van der Waals surface area contributed by atoms with E-state index in [0.29, 0.717) is 5.75 Å². The number of aromatic nitrogens is 1. The van der Waals surface area contributed by atoms with Gasteiger partial charge in [0.25, 0.3) is 0 Å². The van der Waals surface area contributed by atoms with Gasteiger partial charge >= 0.3 is 6.18 Å². The number of hydrogen-bond donors (Lipinski definition) is 1. The van der Waals surface area contributed by atoms with Crippen LogP contribution in [0.1, 0.15) is 16.8 Å². The molecule has 0 atom stereocenters. The number of pyridine rings is 1. The molecular formula is C16H15F3N2OS. The molecule has 1 N–H and O–H groups in total. The summed E-state index contributed by atoms with van der Waals surface area (Å²) in [4.78, 5) is 15.2. The summed E-state index contributed by atoms with van der Waals surface area (Å²) in [5.41, 5.74) is 1.22. The third kappa shape index (κ3) is 5.59. The van der Waals surface area contributed by atoms with Gasteiger partial charge in [-0.05, 0) is 24.6 Å². The molecule has 0 saturated heterocycles. The lowest BCUT2D eigenvalue weighted by atomic mass is 10.2. The fourth-order valence-corrected chi connectivity index (χ4v) is 2.57. The highest BCUT2D eigenvalue weighted by Gasteiger charge is 2.32. The molecule has 0 aliphatic carbocycles. The second-order valence-corrected chi connectivity index (χ2v) is 5.92. The van der Waals surface area contributed by atoms with E-state index in [1.54, 1.807) is 0 Å². The summed E-state index contributed by atoms with van der Waals surface area (Å²) in [5.74, 6) is 0.324. The maximum absolute atomic E-state index is 12.5. The highest BCUT2D eigenvalue weighted by molar-refractivity contribution is 7.99. The van der Waals surface area contributed by atoms with Crippen LogP contribution in [0.4, 0.5) is 19.0 Å². The van der Waals surface area contributed by atoms with Crippen LogP contribution in [0.15, 0.2) is 42.5 Å². The van der Waals surface area contributed by atoms with Crippen molar-refractivity contribution >= 4 is 23.5 Å². The molecule has 1 aromatic heterocycles. The lowest BCUT2D eigenvalue weighted by molar-refractivity contribution is -0.141. The third-order valence-corrected chi connectivity index (χ3v) is 3.93. The Morgan fingerprint density at radius 1 is 1.17 bits per heavy atom. The second-order valence-electron chi connectivity index (χ2n) is 4.93. The van der Waals surface area contributed by atoms with Gasteiger partial charge in [0.1, 0.15) is 11.5 Å². The van der Waals surface area contributed by atoms with Gasteiger partial charge in [0, 0.05) is 5.75 Å². The summed E-state index contributed by atoms with van der Waals surface area (Å²) < 4.78 is 37.6. The predicted octanol–water partition coefficient (Wildman–Crippen LogP) is 4.28. The summed E-state index contributed by atoms with van der Waals surface area (Å²) in [6, 6.07) is 11.3. The van der Waals surface area contributed by atoms with Gasteiger partial charge < -0.3 is 5.32 Å². The van der Waals surface area contributed by atoms with Crippen LogP contribution in [0.5, 0.6) is 0 Å². The average Bonchev–Trinajstić information content (AvgIpc) is 2.49. The molecule has 2 rings (SSSR count). The number of rotatable bonds is 5. The Kier molecular flexibility index (Phi) is 5.65. The maximum atomic E-state index is 12.5. The molecule has 122 valence electrons. The highest BCUT2D eigenvalue weighted by atomic mass is 32.2. The summed E-state index contributed by atoms with van der Waals surface area (Å²) in [6.07, 6.45) is -4.53. The SMILES string of the molecule is Cc1ccc(CSCC(=O)Nc2cccc(C(F)(F)F)n2)cc1. The van der Waals surface area contributed by atoms with E-state index in [-0.39, 0.29) is 17.5 Å². The highest BCUT2D eigenvalue weighted by Crippen LogP contribution is 2.28. The molecule has 0 fully saturated rings. The molecule has 0 aliphatic rings. The Morgan fingerprint density at radius 2 is 1.87 bits per heavy atom. The summed E-state index contributed by atoms with van der Waals surface area (Å²) >= 11 is 1.39. The van der Waals surface area contributed by atoms with Crippen LogP contribution in [-0.2, 0) is 16.7 Å². The van der Waals surface area contributed by atoms with E-state index in [1.165, 1.54) is 23.9 Å². The first-order chi connectivity index (χ1) is 10.8. The normalized spacial score (nSPS) is 11.3. The molecule has 1 amide bonds. The molecule has 0 saturated carbocycles. The summed E-state index contributed by atoms with van der Waals surface area (Å²) in [5, 5.41) is 2.38. The number of halogens is 3. The number of nitrogens with zero attached hydrogens (tertiary/aromatic N) is 1. The number of carbonyl (C=O) groups excluding carboxylic acids is 1. The molecule has 2 aromatic rings. The number of benzene rings is 1. The van der Waals surface area contributed by atoms with Gasteiger partial charge in [-0.25, -0.2) is 4.98 Å². The molecule has 1 heterocycles. The molecule has 0 bridgehead atoms. The number of aryl methyl sites for hydroxylation is 1. The van der Waals surface area contributed by atoms with Crippen LogP contribution in [-0.4, -0.2) is 16.6 Å². The first-order valence-corrected chi connectivity index (χ1v) is 7.97. The summed E-state index contributed by atoms with van der Waals surface area (Å²) in [7, 11) is 0. The van der Waals surface area contributed by atoms with Crippen LogP contribution in [0, 0.1) is 6.92 Å². The van der Waals surface area contributed by atoms with Gasteiger partial charge in [0.2, 0.25) is 5.91 Å². The number of alkyl halides is 3. The predicted molar refractivity (Wildman–Crippen MR) is 85.2 cm³/mol. The monoisotopic (exact) mass is 340 g/mol. The smallest absolute Gasteiger partial charge is 0.310 e. The fourth-order valence-electron chi connectivity index (χ4n) is 1.79. The van der Waals surface area contributed by atoms with Crippen LogP contribution >= 0.6 is 11.8 Å². The molecule has 23 heavy (non-hydrogen) atoms. The Labute approximate surface area is 136 Å². The fraction of sp³-hybridized carbons (Fsp3) is 0.250. The zero-order valence-corrected chi connectivity index (χ0v) is 13.2. The van der Waals surface area contributed by atoms with E-state index >= 15 is 0 Å². The van der Waals surface area contributed by atoms with Crippen molar-refractivity contribution in [3.05, 3.63) is 59.3 Å². The van der Waals surface area contributed by atoms with Crippen molar-refractivity contribution in [2.24, 2.45) is 0 Å². The number of anilines is 1. The van der Waals surface area contributed by atoms with E-state index in [1.807, 2.05) is 31.2 Å². The molecule has 1 aromatic carbocycles. The second kappa shape index (κ2) is 7.50. The topological polar surface area (TPSA) is 42.0 Å². The lowest BCUT2D eigenvalue weighted by Gasteiger charge is -2.08. The zero-order valence-electron chi connectivity index (χ0n) is 12.4. The summed E-state index contributed by atoms with van der Waals surface area (Å²) in [6.45, 7) is 1.99. The van der Waals surface area contributed by atoms with Crippen LogP contribution in [0.2, 0.25) is 0 Å². The number of nitrogens with one attached hydrogen (secondary N) is 1. The van der Waals surface area contributed by atoms with Crippen LogP contribution < -0.4 is 5.32 Å². The third-order valence-electron chi connectivity index (χ3n) is 2.93. The maximum Gasteiger partial charge on any atom is 0.433 e. The van der Waals surface area contributed by atoms with Crippen molar-refractivity contribution < 1.29 is 18.0 Å². The molecule has 0 aliphatic heterocycles. The van der Waals surface area contributed by atoms with E-state index in [4.69, 9.17) is 0 Å². The van der Waals surface area contributed by atoms with Crippen LogP contribution in [0.3, 0.4) is 0 Å². The Hall–Kier alpha value is -2.02. The van der Waals surface area contributed by atoms with Crippen LogP contribution in [0.25, 0.3) is 0 Å². The van der Waals surface area contributed by atoms with E-state index in [2.05, 4.69) is 10.3 Å². The molecule has 7 heteroatoms. The first-order valence-electron chi connectivity index (χ1n) is 6.82. The van der Waals surface area contributed by atoms with Crippen molar-refractivity contribution in [3.8, 4) is 0 Å². The van der Waals surface area contributed by atoms with Gasteiger partial charge in [0.15, 0.2) is 0 Å². The Balaban J connectivity index is 1.84. The average molecular weight is 340 g/mol. The largest absolute Gasteiger partial charge is 0.433 e. The van der Waals surface area contributed by atoms with Crippen molar-refractivity contribution in [3.63, 3.8) is 0 Å². The molecule has 0 spiro atoms. The Morgan fingerprint density at radius 3 is 2.52 bits per heavy atom. The minimum atomic E-state index is -4.53. The lowest BCUT2D eigenvalue weighted by Crippen LogP contribution is -2.17. The Bertz CT molecular complexity index is 672. The minimum Gasteiger partial charge on any atom is -0.310 e. The van der Waals surface area contributed by atoms with Gasteiger partial charge in [-0.3, -0.25) is 4.79 Å². The van der Waals surface area contributed by atoms with Crippen molar-refractivity contribution in [1.82, 2.24) is 4.98 Å². The minimum absolute atomic E-state index is 0.0965. The van der Waals surface area contributed by atoms with Gasteiger partial charge in [0.05, 0.1) is 5.75 Å². The standard InChI is InChI=1S/C16H15F3N2OS/c1-11-5-7-12(8-6-11)9-23-10-15(22)21-14-4-2-3-13(20-14)16(17,18)19/h2-8H,9-10H2,1H3,(H,20,21,22). The van der Waals surface area contributed by atoms with Crippen molar-refractivity contribution in [1.29, 1.82) is 0 Å². The number of carbonyl (C=O) groups is 1. The van der Waals surface area contributed by atoms with E-state index in [9.17, 15) is 18.0 Å². The molecule has 0 unspecified atom stereocenters. The van der Waals surface area contributed by atoms with Crippen molar-refractivity contribution in [2.45, 2.75) is 18.9 Å². The van der Waals surface area contributed by atoms with E-state index in [0.717, 1.165) is 17.2 Å². The number of hydrogen-bond acceptors (Lipinski definition) is 3.